The van der Waals surface area contributed by atoms with E-state index in [1.807, 2.05) is 13.8 Å². The minimum Gasteiger partial charge on any atom is -0.481 e. The third kappa shape index (κ3) is 43.7. The van der Waals surface area contributed by atoms with Gasteiger partial charge in [-0.15, -0.1) is 0 Å². The van der Waals surface area contributed by atoms with Crippen LogP contribution >= 0.6 is 0 Å². The molecular weight excluding hydrogens is 1850 g/mol. The van der Waals surface area contributed by atoms with E-state index in [2.05, 4.69) is 95.7 Å². The highest BCUT2D eigenvalue weighted by molar-refractivity contribution is 6.03. The van der Waals surface area contributed by atoms with Crippen LogP contribution in [0.25, 0.3) is 0 Å². The molecule has 0 aromatic heterocycles. The zero-order valence-electron chi connectivity index (χ0n) is 87.8. The molecule has 46 heteroatoms. The van der Waals surface area contributed by atoms with Crippen molar-refractivity contribution in [3.8, 4) is 0 Å². The third-order valence-corrected chi connectivity index (χ3v) is 23.6. The zero-order valence-corrected chi connectivity index (χ0v) is 87.8. The second kappa shape index (κ2) is 60.3. The van der Waals surface area contributed by atoms with Gasteiger partial charge in [0.15, 0.2) is 0 Å². The zero-order chi connectivity index (χ0) is 109. The predicted molar refractivity (Wildman–Crippen MR) is 521 cm³/mol. The highest BCUT2D eigenvalue weighted by Gasteiger charge is 2.45. The van der Waals surface area contributed by atoms with E-state index in [0.717, 1.165) is 0 Å². The van der Waals surface area contributed by atoms with E-state index >= 15 is 0 Å². The maximum Gasteiger partial charge on any atom is 0.326 e. The van der Waals surface area contributed by atoms with Gasteiger partial charge in [0.25, 0.3) is 0 Å². The molecule has 0 spiro atoms. The molecule has 0 aliphatic carbocycles. The van der Waals surface area contributed by atoms with Crippen molar-refractivity contribution in [2.45, 2.75) is 398 Å². The Morgan fingerprint density at radius 3 is 0.824 bits per heavy atom. The van der Waals surface area contributed by atoms with Crippen LogP contribution in [0.1, 0.15) is 277 Å². The molecule has 2 heterocycles. The molecule has 20 atom stereocenters. The lowest BCUT2D eigenvalue weighted by molar-refractivity contribution is -0.147. The lowest BCUT2D eigenvalue weighted by Crippen LogP contribution is -2.61. The average molecular weight is 2010 g/mol. The molecule has 2 aliphatic rings. The van der Waals surface area contributed by atoms with Gasteiger partial charge in [-0.2, -0.15) is 0 Å². The van der Waals surface area contributed by atoms with Crippen molar-refractivity contribution in [3.63, 3.8) is 0 Å². The Balaban J connectivity index is 2.30. The van der Waals surface area contributed by atoms with Crippen LogP contribution in [0.4, 0.5) is 0 Å². The first-order valence-electron chi connectivity index (χ1n) is 49.5. The van der Waals surface area contributed by atoms with E-state index in [1.54, 1.807) is 111 Å². The van der Waals surface area contributed by atoms with Crippen molar-refractivity contribution in [2.75, 3.05) is 13.1 Å². The van der Waals surface area contributed by atoms with E-state index in [0.29, 0.717) is 12.8 Å². The summed E-state index contributed by atoms with van der Waals surface area (Å²) in [7, 11) is 0. The first kappa shape index (κ1) is 126. The van der Waals surface area contributed by atoms with Crippen molar-refractivity contribution < 1.29 is 126 Å². The molecule has 46 nitrogen and oxygen atoms in total. The largest absolute Gasteiger partial charge is 0.481 e. The number of aliphatic carboxylic acids is 3. The Kier molecular flexibility index (Phi) is 53.4. The summed E-state index contributed by atoms with van der Waals surface area (Å²) in [6, 6.07) is -26.4. The number of likely N-dealkylation sites (tertiary alicyclic amines) is 2. The Hall–Kier alpha value is -12.2. The highest BCUT2D eigenvalue weighted by Crippen LogP contribution is 2.25. The molecule has 2 aliphatic heterocycles. The highest BCUT2D eigenvalue weighted by atomic mass is 16.4. The Morgan fingerprint density at radius 2 is 0.486 bits per heavy atom. The molecule has 2 rings (SSSR count). The molecular formula is C96H164N20O26. The smallest absolute Gasteiger partial charge is 0.326 e. The maximum absolute atomic E-state index is 14.7. The summed E-state index contributed by atoms with van der Waals surface area (Å²) >= 11 is 0. The van der Waals surface area contributed by atoms with E-state index in [1.165, 1.54) is 72.1 Å². The third-order valence-electron chi connectivity index (χ3n) is 23.6. The van der Waals surface area contributed by atoms with E-state index in [9.17, 15) is 126 Å². The molecule has 0 aromatic rings. The van der Waals surface area contributed by atoms with Crippen LogP contribution in [-0.4, -0.2) is 295 Å². The summed E-state index contributed by atoms with van der Waals surface area (Å²) < 4.78 is 0. The summed E-state index contributed by atoms with van der Waals surface area (Å²) in [6.07, 6.45) is -1.04. The fourth-order valence-electron chi connectivity index (χ4n) is 16.0. The fourth-order valence-corrected chi connectivity index (χ4v) is 16.0. The fraction of sp³-hybridized carbons (Fsp3) is 0.760. The number of hydrogen-bond acceptors (Lipinski definition) is 23. The van der Waals surface area contributed by atoms with Crippen LogP contribution < -0.4 is 95.7 Å². The van der Waals surface area contributed by atoms with E-state index in [-0.39, 0.29) is 112 Å². The maximum atomic E-state index is 14.7. The van der Waals surface area contributed by atoms with Gasteiger partial charge in [-0.3, -0.25) is 105 Å². The molecule has 0 radical (unpaired) electrons. The Labute approximate surface area is 833 Å². The summed E-state index contributed by atoms with van der Waals surface area (Å²) in [6.45, 7) is 44.1. The Bertz CT molecular complexity index is 4390. The van der Waals surface area contributed by atoms with E-state index in [4.69, 9.17) is 0 Å². The van der Waals surface area contributed by atoms with E-state index < -0.39 is 294 Å². The lowest BCUT2D eigenvalue weighted by Gasteiger charge is -2.32. The molecule has 20 amide bonds. The molecule has 0 saturated carbocycles. The van der Waals surface area contributed by atoms with Gasteiger partial charge in [-0.25, -0.2) is 4.79 Å². The van der Waals surface area contributed by atoms with Crippen molar-refractivity contribution in [2.24, 2.45) is 59.2 Å². The van der Waals surface area contributed by atoms with Crippen LogP contribution in [0, 0.1) is 59.2 Å². The van der Waals surface area contributed by atoms with Gasteiger partial charge in [0.05, 0.1) is 6.42 Å². The number of rotatable bonds is 60. The number of nitrogens with one attached hydrogen (secondary N) is 18. The summed E-state index contributed by atoms with van der Waals surface area (Å²) in [4.78, 5) is 316. The topological polar surface area (TPSA) is 676 Å². The number of amides is 20. The molecule has 142 heavy (non-hydrogen) atoms. The van der Waals surface area contributed by atoms with Gasteiger partial charge in [0.1, 0.15) is 121 Å². The average Bonchev–Trinajstić information content (AvgIpc) is 1.60. The summed E-state index contributed by atoms with van der Waals surface area (Å²) in [5, 5.41) is 75.1. The van der Waals surface area contributed by atoms with Crippen molar-refractivity contribution in [3.05, 3.63) is 0 Å². The van der Waals surface area contributed by atoms with Crippen molar-refractivity contribution >= 4 is 136 Å². The molecule has 0 aromatic carbocycles. The van der Waals surface area contributed by atoms with Gasteiger partial charge in [0, 0.05) is 26.4 Å². The number of hydrogen-bond donors (Lipinski definition) is 21. The van der Waals surface area contributed by atoms with Crippen molar-refractivity contribution in [1.82, 2.24) is 106 Å². The second-order valence-electron chi connectivity index (χ2n) is 41.5. The summed E-state index contributed by atoms with van der Waals surface area (Å²) in [5.41, 5.74) is 0. The van der Waals surface area contributed by atoms with Crippen LogP contribution in [0.2, 0.25) is 0 Å². The minimum absolute atomic E-state index is 0.0188. The SMILES string of the molecule is CC(=O)N[C@@H](C)C(=O)N[C@@H](C)C(=O)N[C@H](C(=O)N[C@@H](C)C(=O)N[C@@H](CC(C)C)C(=O)N[C@@H](CC(C)C)C(=O)N1CCC[C@H]1C(=O)N[C@@H](C)C(=O)N[C@H](C(=O)N[C@@H](CC(C)C)C(=O)N[C@@H](CC(C)C)C(=O)N[C@@H](C)C(=O)N[C@@H](CC(C)C)C(=O)N[C@@H](CC(C)C)C(=O)N[C@@H](C)C(=O)N1CCC[C@H]1C(=O)N[C@@H](CC(C)C)C(=O)N[C@@H](CCC(=O)O)C(=O)N[C@H](C(=O)N[C@@H](CC(=O)O)C(=O)O)C(C)C)C(C)C)C(C)C. The van der Waals surface area contributed by atoms with Gasteiger partial charge >= 0.3 is 17.9 Å². The normalized spacial score (nSPS) is 17.5. The molecule has 2 fully saturated rings. The van der Waals surface area contributed by atoms with Gasteiger partial charge in [-0.1, -0.05) is 138 Å². The van der Waals surface area contributed by atoms with Crippen LogP contribution in [-0.2, 0) is 110 Å². The first-order chi connectivity index (χ1) is 65.8. The first-order valence-corrected chi connectivity index (χ1v) is 49.5. The summed E-state index contributed by atoms with van der Waals surface area (Å²) in [5.74, 6) is -23.9. The number of nitrogens with zero attached hydrogens (tertiary/aromatic N) is 2. The standard InChI is InChI=1S/C96H164N20O26/c1-44(2)36-62(83(128)99-55(22)78(123)104-64(38-46(5)6)86(131)107-63(37-45(3)4)84(129)102-59(26)94(139)115-34-28-31-71(115)90(135)108-66(40-48(9)10)85(130)103-61(32-33-72(118)119)82(127)114-76(53(19)20)93(138)111-69(96(141)142)43-73(120)121)106-87(132)67(41-49(11)12)109-92(137)75(52(17)18)113-81(126)58(25)100-89(134)70-30-29-35-116(70)95(140)68(42-50(13)14)110-88(133)65(39-47(7)8)105-79(124)56(23)101-91(136)74(51(15)16)112-80(125)57(24)98-77(122)54(21)97-60(27)117/h44-59,61-71,74-76H,28-43H2,1-27H3,(H,97,117)(H,98,122)(H,99,128)(H,100,134)(H,101,136)(H,102,129)(H,103,130)(H,104,123)(H,105,124)(H,106,132)(H,107,131)(H,108,135)(H,109,137)(H,110,133)(H,111,138)(H,112,125)(H,113,126)(H,114,127)(H,118,119)(H,120,121)(H,141,142)/t54-,55-,56-,57-,58-,59-,61-,62-,63-,64-,65-,66-,67-,68-,69-,70-,71-,74-,75-,76-/m0/s1. The number of carbonyl (C=O) groups is 23. The van der Waals surface area contributed by atoms with Crippen LogP contribution in [0.5, 0.6) is 0 Å². The predicted octanol–water partition coefficient (Wildman–Crippen LogP) is -0.451. The Morgan fingerprint density at radius 1 is 0.246 bits per heavy atom. The minimum atomic E-state index is -1.89. The molecule has 0 unspecified atom stereocenters. The van der Waals surface area contributed by atoms with Crippen molar-refractivity contribution in [1.29, 1.82) is 0 Å². The number of carboxylic acid groups (broad SMARTS) is 3. The molecule has 0 bridgehead atoms. The van der Waals surface area contributed by atoms with Crippen LogP contribution in [0.15, 0.2) is 0 Å². The van der Waals surface area contributed by atoms with Gasteiger partial charge < -0.3 is 121 Å². The second-order valence-corrected chi connectivity index (χ2v) is 41.5. The number of carbonyl (C=O) groups excluding carboxylic acids is 20. The van der Waals surface area contributed by atoms with Gasteiger partial charge in [-0.05, 0) is 178 Å². The molecule has 21 N–H and O–H groups in total. The molecule has 804 valence electrons. The van der Waals surface area contributed by atoms with Crippen LogP contribution in [0.3, 0.4) is 0 Å². The van der Waals surface area contributed by atoms with Gasteiger partial charge in [0.2, 0.25) is 118 Å². The number of carboxylic acids is 3. The molecule has 2 saturated heterocycles. The lowest BCUT2D eigenvalue weighted by atomic mass is 9.98. The quantitative estimate of drug-likeness (QED) is 0.0367. The monoisotopic (exact) mass is 2010 g/mol.